The number of carbonyl (C=O) groups excluding carboxylic acids is 1. The molecule has 3 nitrogen and oxygen atoms in total. The van der Waals surface area contributed by atoms with Crippen LogP contribution in [-0.4, -0.2) is 36.5 Å². The Hall–Kier alpha value is -1.56. The first kappa shape index (κ1) is 16.8. The summed E-state index contributed by atoms with van der Waals surface area (Å²) in [5.41, 5.74) is -0.106. The van der Waals surface area contributed by atoms with E-state index in [2.05, 4.69) is 17.1 Å². The highest BCUT2D eigenvalue weighted by Crippen LogP contribution is 2.29. The Labute approximate surface area is 128 Å². The number of likely N-dealkylation sites (N-methyl/N-ethyl adjacent to an activating group) is 1. The van der Waals surface area contributed by atoms with Crippen LogP contribution in [0, 0.1) is 0 Å². The van der Waals surface area contributed by atoms with E-state index >= 15 is 0 Å². The molecule has 1 amide bonds. The van der Waals surface area contributed by atoms with Crippen LogP contribution in [0.15, 0.2) is 24.3 Å². The van der Waals surface area contributed by atoms with Crippen molar-refractivity contribution in [1.29, 1.82) is 0 Å². The molecule has 6 heteroatoms. The highest BCUT2D eigenvalue weighted by atomic mass is 19.4. The van der Waals surface area contributed by atoms with Gasteiger partial charge in [0.15, 0.2) is 0 Å². The zero-order valence-electron chi connectivity index (χ0n) is 12.6. The molecular weight excluding hydrogens is 293 g/mol. The number of hydrogen-bond donors (Lipinski definition) is 1. The zero-order valence-corrected chi connectivity index (χ0v) is 12.6. The highest BCUT2D eigenvalue weighted by Gasteiger charge is 2.30. The van der Waals surface area contributed by atoms with Gasteiger partial charge in [-0.25, -0.2) is 0 Å². The number of hydrogen-bond acceptors (Lipinski definition) is 2. The second kappa shape index (κ2) is 7.13. The molecular formula is C16H21F3N2O. The van der Waals surface area contributed by atoms with E-state index in [-0.39, 0.29) is 12.3 Å². The van der Waals surface area contributed by atoms with E-state index in [0.717, 1.165) is 38.1 Å². The summed E-state index contributed by atoms with van der Waals surface area (Å²) in [4.78, 5) is 14.2. The van der Waals surface area contributed by atoms with Crippen LogP contribution in [0.2, 0.25) is 0 Å². The van der Waals surface area contributed by atoms with Crippen LogP contribution in [0.3, 0.4) is 0 Å². The fourth-order valence-electron chi connectivity index (χ4n) is 2.83. The Balaban J connectivity index is 1.82. The Morgan fingerprint density at radius 1 is 1.32 bits per heavy atom. The van der Waals surface area contributed by atoms with Crippen LogP contribution in [-0.2, 0) is 17.4 Å². The van der Waals surface area contributed by atoms with Gasteiger partial charge in [0.05, 0.1) is 12.0 Å². The predicted molar refractivity (Wildman–Crippen MR) is 78.4 cm³/mol. The van der Waals surface area contributed by atoms with E-state index < -0.39 is 11.7 Å². The molecule has 1 heterocycles. The summed E-state index contributed by atoms with van der Waals surface area (Å²) in [6, 6.07) is 5.12. The van der Waals surface area contributed by atoms with Crippen LogP contribution in [0.25, 0.3) is 0 Å². The second-order valence-electron chi connectivity index (χ2n) is 5.60. The standard InChI is InChI=1S/C16H21F3N2O/c1-2-21-9-3-4-14(21)11-20-15(22)10-12-5-7-13(8-6-12)16(17,18)19/h5-8,14H,2-4,9-11H2,1H3,(H,20,22). The maximum absolute atomic E-state index is 12.5. The van der Waals surface area contributed by atoms with E-state index in [1.807, 2.05) is 0 Å². The fraction of sp³-hybridized carbons (Fsp3) is 0.562. The maximum Gasteiger partial charge on any atom is 0.416 e. The van der Waals surface area contributed by atoms with Crippen molar-refractivity contribution in [2.45, 2.75) is 38.4 Å². The maximum atomic E-state index is 12.5. The van der Waals surface area contributed by atoms with Crippen LogP contribution < -0.4 is 5.32 Å². The lowest BCUT2D eigenvalue weighted by Crippen LogP contribution is -2.40. The first-order chi connectivity index (χ1) is 10.4. The Morgan fingerprint density at radius 2 is 2.00 bits per heavy atom. The first-order valence-corrected chi connectivity index (χ1v) is 7.57. The molecule has 1 fully saturated rings. The molecule has 1 saturated heterocycles. The summed E-state index contributed by atoms with van der Waals surface area (Å²) in [6.07, 6.45) is -2.01. The van der Waals surface area contributed by atoms with Gasteiger partial charge in [-0.3, -0.25) is 9.69 Å². The fourth-order valence-corrected chi connectivity index (χ4v) is 2.83. The third-order valence-corrected chi connectivity index (χ3v) is 4.09. The van der Waals surface area contributed by atoms with Crippen LogP contribution in [0.5, 0.6) is 0 Å². The number of amides is 1. The summed E-state index contributed by atoms with van der Waals surface area (Å²) in [7, 11) is 0. The van der Waals surface area contributed by atoms with Gasteiger partial charge in [-0.2, -0.15) is 13.2 Å². The van der Waals surface area contributed by atoms with Gasteiger partial charge in [0.25, 0.3) is 0 Å². The number of nitrogens with one attached hydrogen (secondary N) is 1. The lowest BCUT2D eigenvalue weighted by Gasteiger charge is -2.22. The molecule has 0 bridgehead atoms. The van der Waals surface area contributed by atoms with Gasteiger partial charge in [-0.1, -0.05) is 19.1 Å². The van der Waals surface area contributed by atoms with Gasteiger partial charge in [-0.05, 0) is 43.6 Å². The quantitative estimate of drug-likeness (QED) is 0.906. The smallest absolute Gasteiger partial charge is 0.354 e. The molecule has 0 saturated carbocycles. The third kappa shape index (κ3) is 4.47. The van der Waals surface area contributed by atoms with E-state index in [1.165, 1.54) is 12.1 Å². The largest absolute Gasteiger partial charge is 0.416 e. The molecule has 1 aromatic rings. The molecule has 22 heavy (non-hydrogen) atoms. The van der Waals surface area contributed by atoms with Crippen LogP contribution >= 0.6 is 0 Å². The van der Waals surface area contributed by atoms with E-state index in [9.17, 15) is 18.0 Å². The Bertz CT molecular complexity index is 499. The lowest BCUT2D eigenvalue weighted by molar-refractivity contribution is -0.137. The normalized spacial score (nSPS) is 19.4. The van der Waals surface area contributed by atoms with Crippen molar-refractivity contribution >= 4 is 5.91 Å². The molecule has 1 unspecified atom stereocenters. The van der Waals surface area contributed by atoms with Crippen molar-refractivity contribution in [1.82, 2.24) is 10.2 Å². The van der Waals surface area contributed by atoms with Crippen molar-refractivity contribution in [3.05, 3.63) is 35.4 Å². The predicted octanol–water partition coefficient (Wildman–Crippen LogP) is 2.85. The average molecular weight is 314 g/mol. The minimum Gasteiger partial charge on any atom is -0.354 e. The van der Waals surface area contributed by atoms with Crippen molar-refractivity contribution in [3.63, 3.8) is 0 Å². The molecule has 2 rings (SSSR count). The zero-order chi connectivity index (χ0) is 16.2. The number of rotatable bonds is 5. The van der Waals surface area contributed by atoms with Gasteiger partial charge in [0.1, 0.15) is 0 Å². The number of likely N-dealkylation sites (tertiary alicyclic amines) is 1. The van der Waals surface area contributed by atoms with Crippen molar-refractivity contribution < 1.29 is 18.0 Å². The van der Waals surface area contributed by atoms with E-state index in [1.54, 1.807) is 0 Å². The molecule has 0 radical (unpaired) electrons. The topological polar surface area (TPSA) is 32.3 Å². The van der Waals surface area contributed by atoms with Gasteiger partial charge in [-0.15, -0.1) is 0 Å². The SMILES string of the molecule is CCN1CCCC1CNC(=O)Cc1ccc(C(F)(F)F)cc1. The van der Waals surface area contributed by atoms with E-state index in [0.29, 0.717) is 18.2 Å². The number of carbonyl (C=O) groups is 1. The van der Waals surface area contributed by atoms with Gasteiger partial charge in [0.2, 0.25) is 5.91 Å². The van der Waals surface area contributed by atoms with Crippen LogP contribution in [0.1, 0.15) is 30.9 Å². The Kier molecular flexibility index (Phi) is 5.45. The van der Waals surface area contributed by atoms with Gasteiger partial charge >= 0.3 is 6.18 Å². The summed E-state index contributed by atoms with van der Waals surface area (Å²) >= 11 is 0. The van der Waals surface area contributed by atoms with Crippen molar-refractivity contribution in [3.8, 4) is 0 Å². The molecule has 1 aliphatic rings. The molecule has 0 spiro atoms. The number of halogens is 3. The molecule has 1 atom stereocenters. The second-order valence-corrected chi connectivity index (χ2v) is 5.60. The average Bonchev–Trinajstić information content (AvgIpc) is 2.92. The molecule has 1 N–H and O–H groups in total. The molecule has 0 aromatic heterocycles. The number of benzene rings is 1. The Morgan fingerprint density at radius 3 is 2.59 bits per heavy atom. The monoisotopic (exact) mass is 314 g/mol. The van der Waals surface area contributed by atoms with Gasteiger partial charge in [0, 0.05) is 12.6 Å². The third-order valence-electron chi connectivity index (χ3n) is 4.09. The minimum atomic E-state index is -4.34. The minimum absolute atomic E-state index is 0.108. The summed E-state index contributed by atoms with van der Waals surface area (Å²) < 4.78 is 37.4. The van der Waals surface area contributed by atoms with Crippen molar-refractivity contribution in [2.75, 3.05) is 19.6 Å². The molecule has 1 aromatic carbocycles. The molecule has 1 aliphatic heterocycles. The molecule has 0 aliphatic carbocycles. The molecule has 122 valence electrons. The van der Waals surface area contributed by atoms with E-state index in [4.69, 9.17) is 0 Å². The van der Waals surface area contributed by atoms with Crippen molar-refractivity contribution in [2.24, 2.45) is 0 Å². The number of nitrogens with zero attached hydrogens (tertiary/aromatic N) is 1. The summed E-state index contributed by atoms with van der Waals surface area (Å²) in [6.45, 7) is 4.74. The van der Waals surface area contributed by atoms with Crippen LogP contribution in [0.4, 0.5) is 13.2 Å². The van der Waals surface area contributed by atoms with Gasteiger partial charge < -0.3 is 5.32 Å². The number of alkyl halides is 3. The first-order valence-electron chi connectivity index (χ1n) is 7.57. The summed E-state index contributed by atoms with van der Waals surface area (Å²) in [5, 5.41) is 2.88. The highest BCUT2D eigenvalue weighted by molar-refractivity contribution is 5.78. The summed E-state index contributed by atoms with van der Waals surface area (Å²) in [5.74, 6) is -0.150. The lowest BCUT2D eigenvalue weighted by atomic mass is 10.1.